The summed E-state index contributed by atoms with van der Waals surface area (Å²) in [6.07, 6.45) is 12.5. The Morgan fingerprint density at radius 2 is 2.08 bits per heavy atom. The Kier molecular flexibility index (Phi) is 2.66. The van der Waals surface area contributed by atoms with Gasteiger partial charge in [0.05, 0.1) is 24.3 Å². The molecule has 124 valence electrons. The second kappa shape index (κ2) is 4.57. The van der Waals surface area contributed by atoms with Gasteiger partial charge in [0.1, 0.15) is 11.1 Å². The number of hydrogen-bond acceptors (Lipinski definition) is 5. The van der Waals surface area contributed by atoms with E-state index in [4.69, 9.17) is 15.5 Å². The summed E-state index contributed by atoms with van der Waals surface area (Å²) in [5.74, 6) is 0.637. The highest BCUT2D eigenvalue weighted by atomic mass is 16.5. The molecule has 2 N–H and O–H groups in total. The van der Waals surface area contributed by atoms with Crippen LogP contribution in [0.2, 0.25) is 0 Å². The summed E-state index contributed by atoms with van der Waals surface area (Å²) in [6.45, 7) is 0. The molecule has 3 fully saturated rings. The van der Waals surface area contributed by atoms with Crippen LogP contribution in [0.5, 0.6) is 5.88 Å². The van der Waals surface area contributed by atoms with E-state index < -0.39 is 0 Å². The number of fused-ring (bicyclic) bond motifs is 3. The standard InChI is InChI=1S/C17H20N6O/c1-22-8-12(7-20-22)13-9-23-14(3-6-19-23)15(21-13)24-17-5-2-4-16(18,10-17)11-17/h3,6-9H,2,4-5,10-11,18H2,1H3. The molecule has 3 aromatic rings. The van der Waals surface area contributed by atoms with E-state index in [9.17, 15) is 0 Å². The lowest BCUT2D eigenvalue weighted by Gasteiger charge is -2.57. The lowest BCUT2D eigenvalue weighted by molar-refractivity contribution is -0.104. The molecule has 7 heteroatoms. The van der Waals surface area contributed by atoms with E-state index in [0.717, 1.165) is 48.9 Å². The smallest absolute Gasteiger partial charge is 0.241 e. The van der Waals surface area contributed by atoms with Gasteiger partial charge in [-0.1, -0.05) is 0 Å². The maximum Gasteiger partial charge on any atom is 0.241 e. The summed E-state index contributed by atoms with van der Waals surface area (Å²) < 4.78 is 10.0. The largest absolute Gasteiger partial charge is 0.469 e. The molecule has 0 aliphatic heterocycles. The summed E-state index contributed by atoms with van der Waals surface area (Å²) in [5.41, 5.74) is 8.82. The Labute approximate surface area is 139 Å². The highest BCUT2D eigenvalue weighted by molar-refractivity contribution is 5.63. The fourth-order valence-corrected chi connectivity index (χ4v) is 4.34. The normalized spacial score (nSPS) is 28.8. The van der Waals surface area contributed by atoms with E-state index in [2.05, 4.69) is 10.2 Å². The van der Waals surface area contributed by atoms with E-state index in [1.165, 1.54) is 0 Å². The third-order valence-electron chi connectivity index (χ3n) is 5.33. The fraction of sp³-hybridized carbons (Fsp3) is 0.471. The van der Waals surface area contributed by atoms with Gasteiger partial charge in [0.25, 0.3) is 0 Å². The van der Waals surface area contributed by atoms with E-state index in [0.29, 0.717) is 5.88 Å². The zero-order valence-corrected chi connectivity index (χ0v) is 13.6. The first-order valence-electron chi connectivity index (χ1n) is 8.36. The average molecular weight is 324 g/mol. The van der Waals surface area contributed by atoms with Gasteiger partial charge >= 0.3 is 0 Å². The van der Waals surface area contributed by atoms with Crippen LogP contribution < -0.4 is 10.5 Å². The molecule has 0 amide bonds. The number of nitrogens with zero attached hydrogens (tertiary/aromatic N) is 5. The van der Waals surface area contributed by atoms with Crippen molar-refractivity contribution in [2.45, 2.75) is 43.2 Å². The molecule has 6 rings (SSSR count). The second-order valence-corrected chi connectivity index (χ2v) is 7.35. The Bertz CT molecular complexity index is 920. The number of aryl methyl sites for hydroxylation is 1. The van der Waals surface area contributed by atoms with Gasteiger partial charge in [0, 0.05) is 37.2 Å². The molecular formula is C17H20N6O. The second-order valence-electron chi connectivity index (χ2n) is 7.35. The monoisotopic (exact) mass is 324 g/mol. The number of ether oxygens (including phenoxy) is 1. The molecule has 3 saturated carbocycles. The van der Waals surface area contributed by atoms with Crippen molar-refractivity contribution in [2.24, 2.45) is 12.8 Å². The molecule has 0 saturated heterocycles. The number of aromatic nitrogens is 5. The van der Waals surface area contributed by atoms with Gasteiger partial charge < -0.3 is 10.5 Å². The van der Waals surface area contributed by atoms with Crippen LogP contribution in [0.25, 0.3) is 16.8 Å². The molecular weight excluding hydrogens is 304 g/mol. The maximum atomic E-state index is 6.44. The van der Waals surface area contributed by atoms with Crippen LogP contribution in [0.1, 0.15) is 32.1 Å². The molecule has 0 atom stereocenters. The molecule has 24 heavy (non-hydrogen) atoms. The van der Waals surface area contributed by atoms with Crippen LogP contribution >= 0.6 is 0 Å². The Balaban J connectivity index is 1.56. The lowest BCUT2D eigenvalue weighted by Crippen LogP contribution is -2.67. The third kappa shape index (κ3) is 2.04. The van der Waals surface area contributed by atoms with Crippen molar-refractivity contribution in [1.29, 1.82) is 0 Å². The van der Waals surface area contributed by atoms with Gasteiger partial charge in [0.2, 0.25) is 5.88 Å². The van der Waals surface area contributed by atoms with Crippen LogP contribution in [0, 0.1) is 0 Å². The zero-order valence-electron chi connectivity index (χ0n) is 13.6. The van der Waals surface area contributed by atoms with Crippen LogP contribution in [-0.2, 0) is 7.05 Å². The van der Waals surface area contributed by atoms with E-state index >= 15 is 0 Å². The SMILES string of the molecule is Cn1cc(-c2cn3nccc3c(OC34CCCC(N)(C3)C4)n2)cn1. The Morgan fingerprint density at radius 3 is 2.83 bits per heavy atom. The summed E-state index contributed by atoms with van der Waals surface area (Å²) in [6, 6.07) is 1.93. The molecule has 0 spiro atoms. The van der Waals surface area contributed by atoms with Gasteiger partial charge in [-0.2, -0.15) is 10.2 Å². The first kappa shape index (κ1) is 14.0. The van der Waals surface area contributed by atoms with Crippen molar-refractivity contribution in [1.82, 2.24) is 24.4 Å². The third-order valence-corrected chi connectivity index (χ3v) is 5.33. The van der Waals surface area contributed by atoms with E-state index in [-0.39, 0.29) is 11.1 Å². The average Bonchev–Trinajstić information content (AvgIpc) is 3.14. The molecule has 3 aliphatic rings. The van der Waals surface area contributed by atoms with Crippen molar-refractivity contribution >= 4 is 5.52 Å². The first-order chi connectivity index (χ1) is 11.5. The number of hydrogen-bond donors (Lipinski definition) is 1. The summed E-state index contributed by atoms with van der Waals surface area (Å²) >= 11 is 0. The molecule has 0 radical (unpaired) electrons. The van der Waals surface area contributed by atoms with Gasteiger partial charge in [-0.3, -0.25) is 4.68 Å². The predicted molar refractivity (Wildman–Crippen MR) is 88.6 cm³/mol. The Hall–Kier alpha value is -2.41. The lowest BCUT2D eigenvalue weighted by atomic mass is 9.57. The quantitative estimate of drug-likeness (QED) is 0.796. The van der Waals surface area contributed by atoms with Crippen molar-refractivity contribution in [3.8, 4) is 17.1 Å². The topological polar surface area (TPSA) is 83.3 Å². The molecule has 0 aromatic carbocycles. The van der Waals surface area contributed by atoms with E-state index in [1.807, 2.05) is 30.0 Å². The van der Waals surface area contributed by atoms with Gasteiger partial charge in [-0.05, 0) is 25.3 Å². The predicted octanol–water partition coefficient (Wildman–Crippen LogP) is 1.92. The Morgan fingerprint density at radius 1 is 1.21 bits per heavy atom. The maximum absolute atomic E-state index is 6.44. The molecule has 0 unspecified atom stereocenters. The van der Waals surface area contributed by atoms with Gasteiger partial charge in [0.15, 0.2) is 0 Å². The molecule has 3 aliphatic carbocycles. The molecule has 3 aromatic heterocycles. The van der Waals surface area contributed by atoms with E-state index in [1.54, 1.807) is 17.1 Å². The van der Waals surface area contributed by atoms with Crippen LogP contribution in [0.15, 0.2) is 30.9 Å². The summed E-state index contributed by atoms with van der Waals surface area (Å²) in [5, 5.41) is 8.59. The van der Waals surface area contributed by atoms with Crippen molar-refractivity contribution in [3.63, 3.8) is 0 Å². The first-order valence-corrected chi connectivity index (χ1v) is 8.36. The summed E-state index contributed by atoms with van der Waals surface area (Å²) in [7, 11) is 1.89. The molecule has 3 heterocycles. The number of nitrogens with two attached hydrogens (primary N) is 1. The minimum Gasteiger partial charge on any atom is -0.469 e. The molecule has 2 bridgehead atoms. The highest BCUT2D eigenvalue weighted by Gasteiger charge is 2.57. The molecule has 7 nitrogen and oxygen atoms in total. The van der Waals surface area contributed by atoms with Gasteiger partial charge in [-0.15, -0.1) is 0 Å². The minimum absolute atomic E-state index is 0.0320. The zero-order chi connectivity index (χ0) is 16.4. The summed E-state index contributed by atoms with van der Waals surface area (Å²) in [4.78, 5) is 4.77. The highest BCUT2D eigenvalue weighted by Crippen LogP contribution is 2.52. The van der Waals surface area contributed by atoms with Gasteiger partial charge in [-0.25, -0.2) is 9.50 Å². The van der Waals surface area contributed by atoms with Crippen LogP contribution in [0.3, 0.4) is 0 Å². The van der Waals surface area contributed by atoms with Crippen LogP contribution in [0.4, 0.5) is 0 Å². The van der Waals surface area contributed by atoms with Crippen molar-refractivity contribution in [3.05, 3.63) is 30.9 Å². The minimum atomic E-state index is -0.154. The van der Waals surface area contributed by atoms with Crippen molar-refractivity contribution < 1.29 is 4.74 Å². The fourth-order valence-electron chi connectivity index (χ4n) is 4.34. The van der Waals surface area contributed by atoms with Crippen LogP contribution in [-0.4, -0.2) is 35.5 Å². The number of rotatable bonds is 3. The van der Waals surface area contributed by atoms with Crippen molar-refractivity contribution in [2.75, 3.05) is 0 Å².